The summed E-state index contributed by atoms with van der Waals surface area (Å²) in [4.78, 5) is 22.1. The second kappa shape index (κ2) is 7.04. The van der Waals surface area contributed by atoms with Gasteiger partial charge in [0.05, 0.1) is 10.2 Å². The first-order chi connectivity index (χ1) is 13.7. The van der Waals surface area contributed by atoms with Gasteiger partial charge in [-0.15, -0.1) is 0 Å². The van der Waals surface area contributed by atoms with E-state index in [9.17, 15) is 4.79 Å². The number of carbonyl (C=O) groups is 1. The van der Waals surface area contributed by atoms with E-state index in [4.69, 9.17) is 16.6 Å². The average Bonchev–Trinajstić information content (AvgIpc) is 3.10. The number of nitrogens with zero attached hydrogens (tertiary/aromatic N) is 2. The van der Waals surface area contributed by atoms with E-state index in [-0.39, 0.29) is 5.78 Å². The van der Waals surface area contributed by atoms with Crippen LogP contribution >= 0.6 is 22.9 Å². The quantitative estimate of drug-likeness (QED) is 0.621. The minimum atomic E-state index is -0.408. The number of benzene rings is 2. The van der Waals surface area contributed by atoms with Crippen molar-refractivity contribution in [1.82, 2.24) is 10.3 Å². The highest BCUT2D eigenvalue weighted by molar-refractivity contribution is 7.22. The number of rotatable bonds is 2. The van der Waals surface area contributed by atoms with E-state index < -0.39 is 6.04 Å². The molecular weight excluding hydrogens is 392 g/mol. The van der Waals surface area contributed by atoms with Gasteiger partial charge >= 0.3 is 0 Å². The maximum Gasteiger partial charge on any atom is 0.202 e. The summed E-state index contributed by atoms with van der Waals surface area (Å²) in [5.41, 5.74) is 3.45. The third-order valence-corrected chi connectivity index (χ3v) is 6.27. The van der Waals surface area contributed by atoms with Crippen LogP contribution in [0.15, 0.2) is 64.8 Å². The summed E-state index contributed by atoms with van der Waals surface area (Å²) in [5.74, 6) is 0.735. The van der Waals surface area contributed by atoms with Crippen molar-refractivity contribution in [2.75, 3.05) is 5.32 Å². The normalized spacial score (nSPS) is 19.2. The highest BCUT2D eigenvalue weighted by Crippen LogP contribution is 2.39. The molecule has 5 nitrogen and oxygen atoms in total. The molecule has 2 aliphatic rings. The van der Waals surface area contributed by atoms with Gasteiger partial charge in [-0.25, -0.2) is 9.98 Å². The van der Waals surface area contributed by atoms with E-state index in [2.05, 4.69) is 15.6 Å². The molecule has 1 aliphatic heterocycles. The summed E-state index contributed by atoms with van der Waals surface area (Å²) < 4.78 is 1.11. The van der Waals surface area contributed by atoms with Gasteiger partial charge in [0, 0.05) is 22.7 Å². The van der Waals surface area contributed by atoms with Gasteiger partial charge in [0.15, 0.2) is 10.9 Å². The van der Waals surface area contributed by atoms with Gasteiger partial charge < -0.3 is 10.6 Å². The van der Waals surface area contributed by atoms with E-state index in [0.29, 0.717) is 17.4 Å². The van der Waals surface area contributed by atoms with Gasteiger partial charge in [-0.2, -0.15) is 0 Å². The number of hydrogen-bond donors (Lipinski definition) is 2. The van der Waals surface area contributed by atoms with Crippen molar-refractivity contribution in [2.24, 2.45) is 4.99 Å². The molecule has 2 aromatic carbocycles. The van der Waals surface area contributed by atoms with Crippen molar-refractivity contribution in [2.45, 2.75) is 25.3 Å². The maximum atomic E-state index is 12.7. The Labute approximate surface area is 171 Å². The van der Waals surface area contributed by atoms with Crippen molar-refractivity contribution >= 4 is 50.0 Å². The van der Waals surface area contributed by atoms with Crippen molar-refractivity contribution in [3.8, 4) is 0 Å². The molecule has 3 aromatic rings. The number of aliphatic imine (C=N–C) groups is 1. The minimum Gasteiger partial charge on any atom is -0.329 e. The van der Waals surface area contributed by atoms with Crippen LogP contribution in [0, 0.1) is 0 Å². The molecule has 5 rings (SSSR count). The van der Waals surface area contributed by atoms with Gasteiger partial charge in [0.1, 0.15) is 6.04 Å². The summed E-state index contributed by atoms with van der Waals surface area (Å²) in [7, 11) is 0. The Kier molecular flexibility index (Phi) is 4.37. The topological polar surface area (TPSA) is 66.4 Å². The monoisotopic (exact) mass is 408 g/mol. The van der Waals surface area contributed by atoms with E-state index in [1.165, 1.54) is 0 Å². The van der Waals surface area contributed by atoms with Gasteiger partial charge in [-0.05, 0) is 36.6 Å². The Hall–Kier alpha value is -2.70. The first-order valence-electron chi connectivity index (χ1n) is 9.17. The number of aromatic nitrogens is 1. The van der Waals surface area contributed by atoms with Crippen LogP contribution in [0.5, 0.6) is 0 Å². The van der Waals surface area contributed by atoms with E-state index in [0.717, 1.165) is 45.0 Å². The molecular formula is C21H17ClN4OS. The lowest BCUT2D eigenvalue weighted by atomic mass is 9.86. The second-order valence-electron chi connectivity index (χ2n) is 6.81. The number of carbonyl (C=O) groups excluding carboxylic acids is 1. The zero-order valence-corrected chi connectivity index (χ0v) is 16.5. The lowest BCUT2D eigenvalue weighted by molar-refractivity contribution is -0.116. The molecule has 0 amide bonds. The molecule has 0 saturated heterocycles. The number of thiazole rings is 1. The van der Waals surface area contributed by atoms with Gasteiger partial charge in [-0.3, -0.25) is 4.79 Å². The van der Waals surface area contributed by atoms with E-state index >= 15 is 0 Å². The predicted octanol–water partition coefficient (Wildman–Crippen LogP) is 5.07. The number of allylic oxidation sites excluding steroid dienone is 1. The molecule has 2 N–H and O–H groups in total. The molecule has 140 valence electrons. The fraction of sp³-hybridized carbons (Fsp3) is 0.190. The summed E-state index contributed by atoms with van der Waals surface area (Å²) in [6.45, 7) is 0. The number of nitrogens with one attached hydrogen (secondary N) is 2. The number of halogens is 1. The van der Waals surface area contributed by atoms with Crippen LogP contribution in [0.25, 0.3) is 10.2 Å². The molecule has 1 atom stereocenters. The highest BCUT2D eigenvalue weighted by Gasteiger charge is 2.33. The predicted molar refractivity (Wildman–Crippen MR) is 114 cm³/mol. The van der Waals surface area contributed by atoms with Crippen LogP contribution in [0.4, 0.5) is 5.13 Å². The lowest BCUT2D eigenvalue weighted by Gasteiger charge is -2.30. The number of guanidine groups is 1. The van der Waals surface area contributed by atoms with E-state index in [1.807, 2.05) is 48.5 Å². The zero-order valence-electron chi connectivity index (χ0n) is 14.9. The molecule has 7 heteroatoms. The summed E-state index contributed by atoms with van der Waals surface area (Å²) in [6.07, 6.45) is 2.22. The fourth-order valence-electron chi connectivity index (χ4n) is 3.69. The van der Waals surface area contributed by atoms with Crippen molar-refractivity contribution in [3.05, 3.63) is 70.4 Å². The maximum absolute atomic E-state index is 12.7. The number of Topliss-reactive ketones (excluding diaryl/α,β-unsaturated/α-hetero) is 1. The number of ketones is 1. The standard InChI is InChI=1S/C21H17ClN4OS/c22-13-7-2-1-6-12(13)19-18-15(9-5-10-16(18)27)23-20(25-19)26-21-24-14-8-3-4-11-17(14)28-21/h1-4,6-8,11,19H,5,9-10H2,(H2,23,24,25,26). The largest absolute Gasteiger partial charge is 0.329 e. The van der Waals surface area contributed by atoms with Crippen LogP contribution in [0.3, 0.4) is 0 Å². The average molecular weight is 409 g/mol. The third-order valence-electron chi connectivity index (χ3n) is 4.98. The van der Waals surface area contributed by atoms with Gasteiger partial charge in [0.2, 0.25) is 5.96 Å². The molecule has 1 aromatic heterocycles. The summed E-state index contributed by atoms with van der Waals surface area (Å²) in [5, 5.41) is 7.99. The summed E-state index contributed by atoms with van der Waals surface area (Å²) >= 11 is 8.01. The fourth-order valence-corrected chi connectivity index (χ4v) is 4.80. The number of hydrogen-bond acceptors (Lipinski definition) is 6. The van der Waals surface area contributed by atoms with Crippen LogP contribution in [0.2, 0.25) is 5.02 Å². The summed E-state index contributed by atoms with van der Waals surface area (Å²) in [6, 6.07) is 15.2. The second-order valence-corrected chi connectivity index (χ2v) is 8.25. The molecule has 2 heterocycles. The van der Waals surface area contributed by atoms with Crippen LogP contribution < -0.4 is 10.6 Å². The first-order valence-corrected chi connectivity index (χ1v) is 10.4. The molecule has 0 spiro atoms. The lowest BCUT2D eigenvalue weighted by Crippen LogP contribution is -2.38. The minimum absolute atomic E-state index is 0.140. The SMILES string of the molecule is O=C1CCCC2=C1C(c1ccccc1Cl)N=C(Nc1nc3ccccc3s1)N2. The van der Waals surface area contributed by atoms with Gasteiger partial charge in [0.25, 0.3) is 0 Å². The Balaban J connectivity index is 1.54. The molecule has 0 saturated carbocycles. The molecule has 0 radical (unpaired) electrons. The molecule has 0 bridgehead atoms. The van der Waals surface area contributed by atoms with Crippen molar-refractivity contribution in [3.63, 3.8) is 0 Å². The number of fused-ring (bicyclic) bond motifs is 1. The van der Waals surface area contributed by atoms with Crippen LogP contribution in [0.1, 0.15) is 30.9 Å². The highest BCUT2D eigenvalue weighted by atomic mass is 35.5. The Morgan fingerprint density at radius 1 is 1.11 bits per heavy atom. The Morgan fingerprint density at radius 3 is 2.79 bits per heavy atom. The van der Waals surface area contributed by atoms with E-state index in [1.54, 1.807) is 11.3 Å². The van der Waals surface area contributed by atoms with Crippen molar-refractivity contribution in [1.29, 1.82) is 0 Å². The number of para-hydroxylation sites is 1. The van der Waals surface area contributed by atoms with Gasteiger partial charge in [-0.1, -0.05) is 53.3 Å². The van der Waals surface area contributed by atoms with Crippen LogP contribution in [-0.4, -0.2) is 16.7 Å². The number of anilines is 1. The third kappa shape index (κ3) is 3.08. The Bertz CT molecular complexity index is 1120. The Morgan fingerprint density at radius 2 is 1.93 bits per heavy atom. The molecule has 28 heavy (non-hydrogen) atoms. The smallest absolute Gasteiger partial charge is 0.202 e. The van der Waals surface area contributed by atoms with Crippen molar-refractivity contribution < 1.29 is 4.79 Å². The van der Waals surface area contributed by atoms with Crippen LogP contribution in [-0.2, 0) is 4.79 Å². The molecule has 1 aliphatic carbocycles. The first kappa shape index (κ1) is 17.4. The zero-order chi connectivity index (χ0) is 19.1. The molecule has 0 fully saturated rings. The molecule has 1 unspecified atom stereocenters.